The molecule has 6 heterocycles. The third kappa shape index (κ3) is 5.72. The second-order valence-corrected chi connectivity index (χ2v) is 11.7. The van der Waals surface area contributed by atoms with Gasteiger partial charge in [-0.05, 0) is 18.2 Å². The first-order chi connectivity index (χ1) is 24.3. The molecule has 0 unspecified atom stereocenters. The SMILES string of the molecule is CNc1cc2nc3c(cnn13)C(=O)NCCOc1cc(CNc3cc4nc5c(cnn35)C(=O)NCCOc3cc(ccc3Cl)N4)c(F)c(c1)N2. The molecule has 4 aromatic heterocycles. The highest BCUT2D eigenvalue weighted by molar-refractivity contribution is 6.32. The van der Waals surface area contributed by atoms with E-state index in [0.717, 1.165) is 0 Å². The van der Waals surface area contributed by atoms with Crippen LogP contribution >= 0.6 is 11.6 Å². The minimum atomic E-state index is -0.563. The highest BCUT2D eigenvalue weighted by Gasteiger charge is 2.22. The van der Waals surface area contributed by atoms with E-state index >= 15 is 4.39 Å². The van der Waals surface area contributed by atoms with Crippen LogP contribution < -0.4 is 41.4 Å². The number of carbonyl (C=O) groups is 2. The van der Waals surface area contributed by atoms with Crippen LogP contribution in [0.2, 0.25) is 5.02 Å². The Morgan fingerprint density at radius 1 is 0.860 bits per heavy atom. The summed E-state index contributed by atoms with van der Waals surface area (Å²) >= 11 is 6.32. The van der Waals surface area contributed by atoms with Crippen LogP contribution in [0.4, 0.5) is 39.0 Å². The van der Waals surface area contributed by atoms with Crippen LogP contribution in [-0.2, 0) is 6.54 Å². The number of benzene rings is 2. The third-order valence-corrected chi connectivity index (χ3v) is 8.35. The molecular weight excluding hydrogens is 671 g/mol. The lowest BCUT2D eigenvalue weighted by atomic mass is 10.1. The van der Waals surface area contributed by atoms with Crippen LogP contribution in [0.15, 0.2) is 54.9 Å². The van der Waals surface area contributed by atoms with E-state index in [-0.39, 0.29) is 84.2 Å². The van der Waals surface area contributed by atoms with Gasteiger partial charge in [0.05, 0.1) is 36.2 Å². The zero-order valence-corrected chi connectivity index (χ0v) is 27.1. The maximum absolute atomic E-state index is 16.3. The molecule has 8 rings (SSSR count). The van der Waals surface area contributed by atoms with Crippen molar-refractivity contribution in [2.45, 2.75) is 6.54 Å². The van der Waals surface area contributed by atoms with Crippen molar-refractivity contribution < 1.29 is 23.5 Å². The van der Waals surface area contributed by atoms with E-state index in [1.807, 2.05) is 0 Å². The minimum absolute atomic E-state index is 0.0195. The summed E-state index contributed by atoms with van der Waals surface area (Å²) in [7, 11) is 1.70. The fourth-order valence-electron chi connectivity index (χ4n) is 5.65. The Bertz CT molecular complexity index is 2330. The van der Waals surface area contributed by atoms with Gasteiger partial charge in [-0.15, -0.1) is 0 Å². The number of nitrogens with zero attached hydrogens (tertiary/aromatic N) is 6. The standard InChI is InChI=1S/C32H28ClFN12O4/c1-35-26-11-25-42-22-10-18(49-6-4-36-31(47)19-14-39-45(26)29(19)44-25)8-16(28(22)34)13-38-27-12-24-41-17-2-3-21(33)23(9-17)50-7-5-37-32(48)20-15-40-46(27)30(20)43-24/h2-3,8-12,14-15,35,38H,4-7,13H2,1H3,(H,36,47)(H,37,48)(H,41,43)(H,42,44). The summed E-state index contributed by atoms with van der Waals surface area (Å²) in [4.78, 5) is 35.3. The molecule has 2 aliphatic heterocycles. The van der Waals surface area contributed by atoms with Crippen molar-refractivity contribution in [3.8, 4) is 11.5 Å². The van der Waals surface area contributed by atoms with Gasteiger partial charge in [-0.2, -0.15) is 19.2 Å². The maximum atomic E-state index is 16.3. The van der Waals surface area contributed by atoms with Crippen molar-refractivity contribution in [2.24, 2.45) is 0 Å². The van der Waals surface area contributed by atoms with Crippen molar-refractivity contribution in [3.63, 3.8) is 0 Å². The number of nitrogens with one attached hydrogen (secondary N) is 6. The number of anilines is 6. The smallest absolute Gasteiger partial charge is 0.256 e. The molecule has 0 fully saturated rings. The van der Waals surface area contributed by atoms with Crippen molar-refractivity contribution in [1.29, 1.82) is 0 Å². The first-order valence-corrected chi connectivity index (χ1v) is 15.9. The molecule has 8 bridgehead atoms. The number of amides is 2. The molecular formula is C32H28ClFN12O4. The molecule has 2 aromatic carbocycles. The molecule has 18 heteroatoms. The number of halogens is 2. The largest absolute Gasteiger partial charge is 0.492 e. The summed E-state index contributed by atoms with van der Waals surface area (Å²) < 4.78 is 31.0. The maximum Gasteiger partial charge on any atom is 0.256 e. The Labute approximate surface area is 287 Å². The number of aromatic nitrogens is 6. The molecule has 254 valence electrons. The summed E-state index contributed by atoms with van der Waals surface area (Å²) in [5.41, 5.74) is 2.06. The summed E-state index contributed by atoms with van der Waals surface area (Å²) in [5.74, 6) is 1.10. The molecule has 16 nitrogen and oxygen atoms in total. The molecule has 0 aliphatic carbocycles. The van der Waals surface area contributed by atoms with Crippen molar-refractivity contribution in [2.75, 3.05) is 54.6 Å². The van der Waals surface area contributed by atoms with Crippen LogP contribution in [0.5, 0.6) is 11.5 Å². The lowest BCUT2D eigenvalue weighted by Gasteiger charge is -2.16. The number of hydrogen-bond acceptors (Lipinski definition) is 12. The first kappa shape index (κ1) is 30.9. The molecule has 0 saturated heterocycles. The van der Waals surface area contributed by atoms with E-state index in [1.54, 1.807) is 43.4 Å². The zero-order chi connectivity index (χ0) is 34.4. The molecule has 6 aromatic rings. The number of ether oxygens (including phenoxy) is 2. The normalized spacial score (nSPS) is 14.3. The average molecular weight is 699 g/mol. The van der Waals surface area contributed by atoms with Gasteiger partial charge in [-0.3, -0.25) is 9.59 Å². The van der Waals surface area contributed by atoms with Gasteiger partial charge in [-0.1, -0.05) is 11.6 Å². The van der Waals surface area contributed by atoms with E-state index in [9.17, 15) is 9.59 Å². The molecule has 2 aliphatic rings. The van der Waals surface area contributed by atoms with Gasteiger partial charge in [0, 0.05) is 49.1 Å². The van der Waals surface area contributed by atoms with Crippen LogP contribution in [0.25, 0.3) is 11.3 Å². The molecule has 0 saturated carbocycles. The van der Waals surface area contributed by atoms with Gasteiger partial charge < -0.3 is 41.4 Å². The first-order valence-electron chi connectivity index (χ1n) is 15.5. The van der Waals surface area contributed by atoms with Gasteiger partial charge in [0.25, 0.3) is 11.8 Å². The molecule has 0 radical (unpaired) electrons. The molecule has 0 atom stereocenters. The minimum Gasteiger partial charge on any atom is -0.492 e. The molecule has 0 spiro atoms. The second-order valence-electron chi connectivity index (χ2n) is 11.3. The second kappa shape index (κ2) is 12.6. The fourth-order valence-corrected chi connectivity index (χ4v) is 5.82. The summed E-state index contributed by atoms with van der Waals surface area (Å²) in [5, 5.41) is 27.3. The lowest BCUT2D eigenvalue weighted by molar-refractivity contribution is 0.0940. The summed E-state index contributed by atoms with van der Waals surface area (Å²) in [6, 6.07) is 11.6. The van der Waals surface area contributed by atoms with Gasteiger partial charge in [0.1, 0.15) is 59.1 Å². The molecule has 6 N–H and O–H groups in total. The highest BCUT2D eigenvalue weighted by atomic mass is 35.5. The highest BCUT2D eigenvalue weighted by Crippen LogP contribution is 2.32. The van der Waals surface area contributed by atoms with Crippen LogP contribution in [0.3, 0.4) is 0 Å². The van der Waals surface area contributed by atoms with Crippen LogP contribution in [0, 0.1) is 5.82 Å². The Hall–Kier alpha value is -6.36. The van der Waals surface area contributed by atoms with Gasteiger partial charge in [-0.25, -0.2) is 14.4 Å². The van der Waals surface area contributed by atoms with E-state index in [1.165, 1.54) is 27.5 Å². The van der Waals surface area contributed by atoms with Gasteiger partial charge >= 0.3 is 0 Å². The van der Waals surface area contributed by atoms with E-state index < -0.39 is 5.82 Å². The summed E-state index contributed by atoms with van der Waals surface area (Å²) in [6.45, 7) is 0.705. The Morgan fingerprint density at radius 3 is 2.24 bits per heavy atom. The van der Waals surface area contributed by atoms with Crippen molar-refractivity contribution in [3.05, 3.63) is 82.4 Å². The predicted molar refractivity (Wildman–Crippen MR) is 183 cm³/mol. The van der Waals surface area contributed by atoms with Crippen molar-refractivity contribution >= 4 is 69.4 Å². The summed E-state index contributed by atoms with van der Waals surface area (Å²) in [6.07, 6.45) is 2.85. The molecule has 2 amide bonds. The number of hydrogen-bond donors (Lipinski definition) is 6. The quantitative estimate of drug-likeness (QED) is 0.156. The lowest BCUT2D eigenvalue weighted by Crippen LogP contribution is -2.28. The topological polar surface area (TPSA) is 185 Å². The monoisotopic (exact) mass is 698 g/mol. The van der Waals surface area contributed by atoms with Crippen LogP contribution in [-0.4, -0.2) is 74.4 Å². The average Bonchev–Trinajstić information content (AvgIpc) is 3.74. The Morgan fingerprint density at radius 2 is 1.52 bits per heavy atom. The zero-order valence-electron chi connectivity index (χ0n) is 26.3. The van der Waals surface area contributed by atoms with Gasteiger partial charge in [0.2, 0.25) is 0 Å². The number of rotatable bonds is 4. The molecule has 50 heavy (non-hydrogen) atoms. The predicted octanol–water partition coefficient (Wildman–Crippen LogP) is 3.95. The van der Waals surface area contributed by atoms with E-state index in [0.29, 0.717) is 39.7 Å². The number of fused-ring (bicyclic) bond motifs is 6. The fraction of sp³-hybridized carbons (Fsp3) is 0.188. The van der Waals surface area contributed by atoms with E-state index in [2.05, 4.69) is 52.1 Å². The van der Waals surface area contributed by atoms with Crippen molar-refractivity contribution in [1.82, 2.24) is 39.8 Å². The van der Waals surface area contributed by atoms with E-state index in [4.69, 9.17) is 21.1 Å². The third-order valence-electron chi connectivity index (χ3n) is 8.04. The number of carbonyl (C=O) groups excluding carboxylic acids is 2. The Kier molecular flexibility index (Phi) is 7.79. The van der Waals surface area contributed by atoms with Gasteiger partial charge in [0.15, 0.2) is 17.1 Å². The van der Waals surface area contributed by atoms with Crippen LogP contribution in [0.1, 0.15) is 26.3 Å². The Balaban J connectivity index is 1.16.